The van der Waals surface area contributed by atoms with E-state index in [-0.39, 0.29) is 5.28 Å². The van der Waals surface area contributed by atoms with Crippen molar-refractivity contribution >= 4 is 22.6 Å². The summed E-state index contributed by atoms with van der Waals surface area (Å²) < 4.78 is 0. The zero-order valence-corrected chi connectivity index (χ0v) is 9.70. The van der Waals surface area contributed by atoms with Crippen LogP contribution in [0.4, 0.5) is 0 Å². The van der Waals surface area contributed by atoms with E-state index in [9.17, 15) is 0 Å². The van der Waals surface area contributed by atoms with E-state index >= 15 is 0 Å². The monoisotopic (exact) mass is 234 g/mol. The summed E-state index contributed by atoms with van der Waals surface area (Å²) in [7, 11) is 2.12. The van der Waals surface area contributed by atoms with Gasteiger partial charge >= 0.3 is 0 Å². The summed E-state index contributed by atoms with van der Waals surface area (Å²) in [5.41, 5.74) is 4.32. The van der Waals surface area contributed by atoms with Gasteiger partial charge in [0.2, 0.25) is 5.28 Å². The maximum Gasteiger partial charge on any atom is 0.243 e. The van der Waals surface area contributed by atoms with E-state index < -0.39 is 0 Å². The van der Waals surface area contributed by atoms with E-state index in [4.69, 9.17) is 11.6 Å². The van der Waals surface area contributed by atoms with Crippen molar-refractivity contribution in [2.24, 2.45) is 0 Å². The molecular formula is C11H11ClN4. The molecule has 4 nitrogen and oxygen atoms in total. The second kappa shape index (κ2) is 3.64. The lowest BCUT2D eigenvalue weighted by atomic mass is 9.99. The molecule has 2 heterocycles. The van der Waals surface area contributed by atoms with Gasteiger partial charge in [0.05, 0.1) is 5.52 Å². The lowest BCUT2D eigenvalue weighted by molar-refractivity contribution is 0.313. The fourth-order valence-electron chi connectivity index (χ4n) is 2.11. The highest BCUT2D eigenvalue weighted by Gasteiger charge is 2.14. The third-order valence-corrected chi connectivity index (χ3v) is 3.11. The molecule has 0 unspecified atom stereocenters. The van der Waals surface area contributed by atoms with Crippen molar-refractivity contribution in [1.82, 2.24) is 20.1 Å². The number of halogens is 1. The van der Waals surface area contributed by atoms with Gasteiger partial charge in [0, 0.05) is 13.1 Å². The lowest BCUT2D eigenvalue weighted by Gasteiger charge is -2.24. The summed E-state index contributed by atoms with van der Waals surface area (Å²) in [6.07, 6.45) is 1.06. The highest BCUT2D eigenvalue weighted by Crippen LogP contribution is 2.22. The molecular weight excluding hydrogens is 224 g/mol. The van der Waals surface area contributed by atoms with Crippen LogP contribution in [0.3, 0.4) is 0 Å². The predicted molar refractivity (Wildman–Crippen MR) is 62.4 cm³/mol. The quantitative estimate of drug-likeness (QED) is 0.696. The number of benzene rings is 1. The zero-order valence-electron chi connectivity index (χ0n) is 8.94. The van der Waals surface area contributed by atoms with Gasteiger partial charge in [-0.3, -0.25) is 0 Å². The van der Waals surface area contributed by atoms with Gasteiger partial charge in [-0.05, 0) is 48.3 Å². The first kappa shape index (κ1) is 9.93. The molecule has 0 bridgehead atoms. The Labute approximate surface area is 98.3 Å². The number of hydrogen-bond acceptors (Lipinski definition) is 4. The van der Waals surface area contributed by atoms with Crippen LogP contribution in [-0.2, 0) is 13.0 Å². The van der Waals surface area contributed by atoms with Crippen LogP contribution >= 0.6 is 11.6 Å². The van der Waals surface area contributed by atoms with Crippen LogP contribution in [0.1, 0.15) is 11.1 Å². The fourth-order valence-corrected chi connectivity index (χ4v) is 2.24. The normalized spacial score (nSPS) is 16.4. The first-order valence-electron chi connectivity index (χ1n) is 5.22. The second-order valence-corrected chi connectivity index (χ2v) is 4.52. The number of rotatable bonds is 0. The summed E-state index contributed by atoms with van der Waals surface area (Å²) >= 11 is 5.74. The summed E-state index contributed by atoms with van der Waals surface area (Å²) in [5.74, 6) is 0. The van der Waals surface area contributed by atoms with E-state index in [1.165, 1.54) is 11.1 Å². The number of likely N-dealkylation sites (N-methyl/N-ethyl adjacent to an activating group) is 1. The summed E-state index contributed by atoms with van der Waals surface area (Å²) in [6.45, 7) is 2.06. The zero-order chi connectivity index (χ0) is 11.1. The molecule has 0 N–H and O–H groups in total. The van der Waals surface area contributed by atoms with Crippen molar-refractivity contribution in [3.8, 4) is 0 Å². The van der Waals surface area contributed by atoms with Crippen LogP contribution in [-0.4, -0.2) is 33.7 Å². The van der Waals surface area contributed by atoms with Gasteiger partial charge < -0.3 is 4.90 Å². The Kier molecular flexibility index (Phi) is 2.26. The molecule has 2 aromatic rings. The highest BCUT2D eigenvalue weighted by atomic mass is 35.5. The molecule has 16 heavy (non-hydrogen) atoms. The van der Waals surface area contributed by atoms with E-state index in [2.05, 4.69) is 39.3 Å². The van der Waals surface area contributed by atoms with Crippen LogP contribution < -0.4 is 0 Å². The molecule has 0 radical (unpaired) electrons. The first-order chi connectivity index (χ1) is 7.72. The van der Waals surface area contributed by atoms with Gasteiger partial charge in [0.25, 0.3) is 0 Å². The van der Waals surface area contributed by atoms with Crippen LogP contribution in [0.15, 0.2) is 12.1 Å². The van der Waals surface area contributed by atoms with Gasteiger partial charge in [-0.1, -0.05) is 0 Å². The topological polar surface area (TPSA) is 41.9 Å². The minimum atomic E-state index is 0.205. The molecule has 0 spiro atoms. The van der Waals surface area contributed by atoms with Crippen molar-refractivity contribution in [3.63, 3.8) is 0 Å². The fraction of sp³-hybridized carbons (Fsp3) is 0.364. The molecule has 1 aliphatic rings. The average molecular weight is 235 g/mol. The number of hydrogen-bond donors (Lipinski definition) is 0. The lowest BCUT2D eigenvalue weighted by Crippen LogP contribution is -2.26. The largest absolute Gasteiger partial charge is 0.302 e. The van der Waals surface area contributed by atoms with Gasteiger partial charge in [-0.25, -0.2) is 4.98 Å². The third kappa shape index (κ3) is 1.64. The SMILES string of the molecule is CN1CCc2cc3nnc(Cl)nc3cc2C1. The standard InChI is InChI=1S/C11H11ClN4/c1-16-3-2-7-4-10-9(5-8(7)6-16)13-11(12)15-14-10/h4-5H,2-3,6H2,1H3. The van der Waals surface area contributed by atoms with Crippen LogP contribution in [0.25, 0.3) is 11.0 Å². The van der Waals surface area contributed by atoms with E-state index in [1.54, 1.807) is 0 Å². The molecule has 1 aromatic heterocycles. The Morgan fingerprint density at radius 1 is 1.19 bits per heavy atom. The smallest absolute Gasteiger partial charge is 0.243 e. The molecule has 82 valence electrons. The van der Waals surface area contributed by atoms with E-state index in [0.717, 1.165) is 30.5 Å². The van der Waals surface area contributed by atoms with Crippen LogP contribution in [0.2, 0.25) is 5.28 Å². The Morgan fingerprint density at radius 3 is 2.88 bits per heavy atom. The first-order valence-corrected chi connectivity index (χ1v) is 5.60. The molecule has 1 aromatic carbocycles. The second-order valence-electron chi connectivity index (χ2n) is 4.18. The minimum absolute atomic E-state index is 0.205. The van der Waals surface area contributed by atoms with Gasteiger partial charge in [-0.15, -0.1) is 10.2 Å². The Bertz CT molecular complexity index is 555. The van der Waals surface area contributed by atoms with E-state index in [1.807, 2.05) is 0 Å². The number of fused-ring (bicyclic) bond motifs is 2. The average Bonchev–Trinajstić information content (AvgIpc) is 2.26. The summed E-state index contributed by atoms with van der Waals surface area (Å²) in [5, 5.41) is 8.02. The van der Waals surface area contributed by atoms with Gasteiger partial charge in [-0.2, -0.15) is 0 Å². The Hall–Kier alpha value is -1.26. The molecule has 0 saturated heterocycles. The Balaban J connectivity index is 2.20. The molecule has 3 rings (SSSR count). The van der Waals surface area contributed by atoms with Gasteiger partial charge in [0.1, 0.15) is 5.52 Å². The van der Waals surface area contributed by atoms with E-state index in [0.29, 0.717) is 0 Å². The predicted octanol–water partition coefficient (Wildman–Crippen LogP) is 1.67. The van der Waals surface area contributed by atoms with Crippen LogP contribution in [0.5, 0.6) is 0 Å². The summed E-state index contributed by atoms with van der Waals surface area (Å²) in [6, 6.07) is 4.15. The van der Waals surface area contributed by atoms with Crippen molar-refractivity contribution in [3.05, 3.63) is 28.5 Å². The summed E-state index contributed by atoms with van der Waals surface area (Å²) in [4.78, 5) is 6.48. The minimum Gasteiger partial charge on any atom is -0.302 e. The molecule has 0 aliphatic carbocycles. The number of nitrogens with zero attached hydrogens (tertiary/aromatic N) is 4. The molecule has 5 heteroatoms. The molecule has 0 saturated carbocycles. The highest BCUT2D eigenvalue weighted by molar-refractivity contribution is 6.28. The van der Waals surface area contributed by atoms with Gasteiger partial charge in [0.15, 0.2) is 0 Å². The molecule has 0 atom stereocenters. The number of aromatic nitrogens is 3. The maximum atomic E-state index is 5.74. The van der Waals surface area contributed by atoms with Crippen molar-refractivity contribution in [2.45, 2.75) is 13.0 Å². The molecule has 1 aliphatic heterocycles. The van der Waals surface area contributed by atoms with Crippen LogP contribution in [0, 0.1) is 0 Å². The maximum absolute atomic E-state index is 5.74. The van der Waals surface area contributed by atoms with Crippen molar-refractivity contribution < 1.29 is 0 Å². The van der Waals surface area contributed by atoms with Crippen molar-refractivity contribution in [2.75, 3.05) is 13.6 Å². The third-order valence-electron chi connectivity index (χ3n) is 2.95. The van der Waals surface area contributed by atoms with Crippen molar-refractivity contribution in [1.29, 1.82) is 0 Å². The molecule has 0 fully saturated rings. The Morgan fingerprint density at radius 2 is 2.00 bits per heavy atom. The molecule has 0 amide bonds.